The van der Waals surface area contributed by atoms with E-state index in [1.165, 1.54) is 19.3 Å². The number of hydrogen-bond acceptors (Lipinski definition) is 2. The smallest absolute Gasteiger partial charge is 0.337 e. The lowest BCUT2D eigenvalue weighted by atomic mass is 10.1. The summed E-state index contributed by atoms with van der Waals surface area (Å²) in [5.74, 6) is -0.197. The fraction of sp³-hybridized carbons (Fsp3) is 0.533. The molecule has 0 radical (unpaired) electrons. The van der Waals surface area contributed by atoms with Crippen molar-refractivity contribution in [3.63, 3.8) is 0 Å². The average Bonchev–Trinajstić information content (AvgIpc) is 2.39. The molecule has 0 heterocycles. The minimum absolute atomic E-state index is 0.102. The molecule has 0 saturated heterocycles. The Labute approximate surface area is 167 Å². The molecule has 6 heteroatoms. The van der Waals surface area contributed by atoms with E-state index in [2.05, 4.69) is 81.6 Å². The summed E-state index contributed by atoms with van der Waals surface area (Å²) in [5, 5.41) is 9.33. The molecular weight excluding hydrogens is 609 g/mol. The van der Waals surface area contributed by atoms with Crippen molar-refractivity contribution in [3.8, 4) is 5.75 Å². The van der Waals surface area contributed by atoms with Crippen molar-refractivity contribution in [2.75, 3.05) is 0 Å². The third-order valence-electron chi connectivity index (χ3n) is 3.13. The van der Waals surface area contributed by atoms with Crippen LogP contribution in [-0.4, -0.2) is 17.2 Å². The van der Waals surface area contributed by atoms with E-state index < -0.39 is 5.97 Å². The second-order valence-electron chi connectivity index (χ2n) is 4.94. The van der Waals surface area contributed by atoms with Crippen LogP contribution in [-0.2, 0) is 0 Å². The molecule has 1 N–H and O–H groups in total. The van der Waals surface area contributed by atoms with Gasteiger partial charge in [-0.2, -0.15) is 0 Å². The molecule has 0 fully saturated rings. The summed E-state index contributed by atoms with van der Waals surface area (Å²) >= 11 is 6.35. The predicted octanol–water partition coefficient (Wildman–Crippen LogP) is 5.94. The zero-order chi connectivity index (χ0) is 16.0. The number of hydrogen-bond donors (Lipinski definition) is 1. The first-order valence-electron chi connectivity index (χ1n) is 6.95. The maximum atomic E-state index is 11.4. The normalized spacial score (nSPS) is 12.2. The molecule has 1 aromatic rings. The van der Waals surface area contributed by atoms with Gasteiger partial charge in [0.1, 0.15) is 5.75 Å². The molecule has 0 spiro atoms. The van der Waals surface area contributed by atoms with Crippen molar-refractivity contribution in [2.24, 2.45) is 0 Å². The fourth-order valence-electron chi connectivity index (χ4n) is 1.99. The summed E-state index contributed by atoms with van der Waals surface area (Å²) in [7, 11) is 0. The second-order valence-corrected chi connectivity index (χ2v) is 8.34. The Balaban J connectivity index is 2.83. The number of ether oxygens (including phenoxy) is 1. The highest BCUT2D eigenvalue weighted by atomic mass is 127. The molecule has 0 amide bonds. The topological polar surface area (TPSA) is 46.5 Å². The number of aromatic carboxylic acids is 1. The lowest BCUT2D eigenvalue weighted by Gasteiger charge is -2.18. The van der Waals surface area contributed by atoms with Crippen LogP contribution in [0.25, 0.3) is 0 Å². The van der Waals surface area contributed by atoms with Gasteiger partial charge in [-0.1, -0.05) is 26.2 Å². The Kier molecular flexibility index (Phi) is 9.15. The number of unbranched alkanes of at least 4 members (excludes halogenated alkanes) is 3. The van der Waals surface area contributed by atoms with E-state index in [9.17, 15) is 9.90 Å². The van der Waals surface area contributed by atoms with E-state index in [1.54, 1.807) is 0 Å². The molecule has 118 valence electrons. The average molecular weight is 628 g/mol. The van der Waals surface area contributed by atoms with E-state index in [1.807, 2.05) is 6.07 Å². The summed E-state index contributed by atoms with van der Waals surface area (Å²) in [6.45, 7) is 4.25. The largest absolute Gasteiger partial charge is 0.488 e. The number of carboxylic acids is 1. The van der Waals surface area contributed by atoms with Gasteiger partial charge in [0.2, 0.25) is 0 Å². The zero-order valence-corrected chi connectivity index (χ0v) is 18.6. The van der Waals surface area contributed by atoms with Crippen molar-refractivity contribution in [1.29, 1.82) is 0 Å². The van der Waals surface area contributed by atoms with Gasteiger partial charge in [-0.05, 0) is 93.6 Å². The molecular formula is C15H19I3O3. The molecule has 1 aromatic carbocycles. The molecule has 1 unspecified atom stereocenters. The molecule has 0 aliphatic rings. The highest BCUT2D eigenvalue weighted by Gasteiger charge is 2.21. The van der Waals surface area contributed by atoms with Gasteiger partial charge in [0.25, 0.3) is 0 Å². The van der Waals surface area contributed by atoms with E-state index in [-0.39, 0.29) is 6.10 Å². The first kappa shape index (κ1) is 19.7. The second kappa shape index (κ2) is 9.74. The Morgan fingerprint density at radius 2 is 1.90 bits per heavy atom. The third kappa shape index (κ3) is 6.00. The van der Waals surface area contributed by atoms with Crippen LogP contribution in [0.2, 0.25) is 0 Å². The van der Waals surface area contributed by atoms with Gasteiger partial charge in [0, 0.05) is 3.57 Å². The summed E-state index contributed by atoms with van der Waals surface area (Å²) in [6, 6.07) is 1.87. The van der Waals surface area contributed by atoms with E-state index in [4.69, 9.17) is 4.74 Å². The minimum Gasteiger partial charge on any atom is -0.488 e. The van der Waals surface area contributed by atoms with E-state index >= 15 is 0 Å². The first-order valence-corrected chi connectivity index (χ1v) is 10.2. The highest BCUT2D eigenvalue weighted by Crippen LogP contribution is 2.34. The van der Waals surface area contributed by atoms with Crippen LogP contribution < -0.4 is 4.74 Å². The quantitative estimate of drug-likeness (QED) is 0.287. The molecule has 0 aromatic heterocycles. The SMILES string of the molecule is CCCCCCC(C)Oc1c(I)cc(I)c(C(=O)O)c1I. The number of carboxylic acid groups (broad SMARTS) is 1. The summed E-state index contributed by atoms with van der Waals surface area (Å²) in [4.78, 5) is 11.4. The molecule has 0 aliphatic heterocycles. The first-order chi connectivity index (χ1) is 9.88. The Hall–Kier alpha value is 0.680. The van der Waals surface area contributed by atoms with Crippen LogP contribution in [0, 0.1) is 10.7 Å². The predicted molar refractivity (Wildman–Crippen MR) is 110 cm³/mol. The van der Waals surface area contributed by atoms with Gasteiger partial charge in [0.15, 0.2) is 0 Å². The van der Waals surface area contributed by atoms with E-state index in [0.29, 0.717) is 14.9 Å². The Morgan fingerprint density at radius 3 is 2.48 bits per heavy atom. The molecule has 21 heavy (non-hydrogen) atoms. The number of rotatable bonds is 8. The molecule has 1 rings (SSSR count). The van der Waals surface area contributed by atoms with Crippen LogP contribution in [0.4, 0.5) is 0 Å². The zero-order valence-electron chi connectivity index (χ0n) is 12.1. The lowest BCUT2D eigenvalue weighted by molar-refractivity contribution is 0.0693. The Morgan fingerprint density at radius 1 is 1.24 bits per heavy atom. The van der Waals surface area contributed by atoms with Gasteiger partial charge >= 0.3 is 5.97 Å². The third-order valence-corrected chi connectivity index (χ3v) is 5.81. The van der Waals surface area contributed by atoms with Crippen molar-refractivity contribution in [2.45, 2.75) is 52.1 Å². The standard InChI is InChI=1S/C15H19I3O3/c1-3-4-5-6-7-9(2)21-14-11(17)8-10(16)12(13(14)18)15(19)20/h8-9H,3-7H2,1-2H3,(H,19,20). The molecule has 3 nitrogen and oxygen atoms in total. The van der Waals surface area contributed by atoms with Gasteiger partial charge in [-0.15, -0.1) is 0 Å². The molecule has 0 bridgehead atoms. The van der Waals surface area contributed by atoms with Crippen molar-refractivity contribution in [1.82, 2.24) is 0 Å². The minimum atomic E-state index is -0.902. The lowest BCUT2D eigenvalue weighted by Crippen LogP contribution is -2.15. The Bertz CT molecular complexity index is 503. The van der Waals surface area contributed by atoms with Crippen molar-refractivity contribution in [3.05, 3.63) is 22.3 Å². The van der Waals surface area contributed by atoms with Gasteiger partial charge in [-0.25, -0.2) is 4.79 Å². The maximum Gasteiger partial charge on any atom is 0.337 e. The maximum absolute atomic E-state index is 11.4. The summed E-state index contributed by atoms with van der Waals surface area (Å²) < 4.78 is 8.42. The van der Waals surface area contributed by atoms with Gasteiger partial charge in [-0.3, -0.25) is 0 Å². The van der Waals surface area contributed by atoms with Crippen molar-refractivity contribution < 1.29 is 14.6 Å². The van der Waals surface area contributed by atoms with Gasteiger partial charge < -0.3 is 9.84 Å². The number of halogens is 3. The summed E-state index contributed by atoms with van der Waals surface area (Å²) in [6.07, 6.45) is 5.97. The molecule has 0 aliphatic carbocycles. The van der Waals surface area contributed by atoms with Crippen LogP contribution in [0.15, 0.2) is 6.07 Å². The number of carbonyl (C=O) groups is 1. The van der Waals surface area contributed by atoms with Crippen LogP contribution in [0.1, 0.15) is 56.3 Å². The van der Waals surface area contributed by atoms with Crippen molar-refractivity contribution >= 4 is 73.7 Å². The summed E-state index contributed by atoms with van der Waals surface area (Å²) in [5.41, 5.74) is 0.338. The molecule has 0 saturated carbocycles. The fourth-order valence-corrected chi connectivity index (χ4v) is 6.08. The van der Waals surface area contributed by atoms with E-state index in [0.717, 1.165) is 20.0 Å². The monoisotopic (exact) mass is 628 g/mol. The highest BCUT2D eigenvalue weighted by molar-refractivity contribution is 14.1. The van der Waals surface area contributed by atoms with Crippen LogP contribution in [0.5, 0.6) is 5.75 Å². The number of benzene rings is 1. The molecule has 1 atom stereocenters. The van der Waals surface area contributed by atoms with Crippen LogP contribution >= 0.6 is 67.8 Å². The van der Waals surface area contributed by atoms with Crippen LogP contribution in [0.3, 0.4) is 0 Å². The van der Waals surface area contributed by atoms with Gasteiger partial charge in [0.05, 0.1) is 18.8 Å².